The highest BCUT2D eigenvalue weighted by Crippen LogP contribution is 1.90. The van der Waals surface area contributed by atoms with E-state index in [4.69, 9.17) is 0 Å². The van der Waals surface area contributed by atoms with Gasteiger partial charge < -0.3 is 0 Å². The molecule has 0 aromatic carbocycles. The van der Waals surface area contributed by atoms with Crippen molar-refractivity contribution in [1.82, 2.24) is 0 Å². The predicted molar refractivity (Wildman–Crippen MR) is 39.8 cm³/mol. The second-order valence-electron chi connectivity index (χ2n) is 1.65. The van der Waals surface area contributed by atoms with Gasteiger partial charge in [0.15, 0.2) is 0 Å². The maximum atomic E-state index is 2.96. The van der Waals surface area contributed by atoms with Crippen molar-refractivity contribution in [3.05, 3.63) is 55.0 Å². The molecule has 0 atom stereocenters. The predicted octanol–water partition coefficient (Wildman–Crippen LogP) is 2.31. The maximum absolute atomic E-state index is 2.96. The van der Waals surface area contributed by atoms with Gasteiger partial charge in [-0.3, -0.25) is 0 Å². The summed E-state index contributed by atoms with van der Waals surface area (Å²) in [6.07, 6.45) is 18.5. The van der Waals surface area contributed by atoms with Crippen LogP contribution in [-0.4, -0.2) is 0 Å². The summed E-state index contributed by atoms with van der Waals surface area (Å²) in [6, 6.07) is 0. The van der Waals surface area contributed by atoms with Crippen molar-refractivity contribution in [2.45, 2.75) is 0 Å². The Kier molecular flexibility index (Phi) is 2.64. The fourth-order valence-electron chi connectivity index (χ4n) is 0.534. The molecule has 0 spiro atoms. The van der Waals surface area contributed by atoms with E-state index < -0.39 is 0 Å². The molecule has 0 bridgehead atoms. The van der Waals surface area contributed by atoms with Gasteiger partial charge in [-0.05, 0) is 0 Å². The van der Waals surface area contributed by atoms with Gasteiger partial charge in [0.05, 0.1) is 0 Å². The summed E-state index contributed by atoms with van der Waals surface area (Å²) in [5.74, 6) is 0. The molecule has 9 heavy (non-hydrogen) atoms. The molecule has 0 aliphatic heterocycles. The molecule has 44 valence electrons. The van der Waals surface area contributed by atoms with E-state index in [2.05, 4.69) is 6.42 Å². The number of hydrogen-bond donors (Lipinski definition) is 0. The van der Waals surface area contributed by atoms with Crippen LogP contribution >= 0.6 is 0 Å². The van der Waals surface area contributed by atoms with Crippen LogP contribution in [0.1, 0.15) is 0 Å². The van der Waals surface area contributed by atoms with Gasteiger partial charge in [0, 0.05) is 6.42 Å². The van der Waals surface area contributed by atoms with Crippen molar-refractivity contribution >= 4 is 0 Å². The molecule has 2 radical (unpaired) electrons. The van der Waals surface area contributed by atoms with Crippen LogP contribution in [0.15, 0.2) is 48.6 Å². The molecular weight excluding hydrogens is 108 g/mol. The molecule has 0 unspecified atom stereocenters. The van der Waals surface area contributed by atoms with E-state index in [1.165, 1.54) is 0 Å². The summed E-state index contributed by atoms with van der Waals surface area (Å²) < 4.78 is 0. The topological polar surface area (TPSA) is 0 Å². The lowest BCUT2D eigenvalue weighted by molar-refractivity contribution is 1.74. The van der Waals surface area contributed by atoms with Crippen LogP contribution in [0.5, 0.6) is 0 Å². The van der Waals surface area contributed by atoms with Crippen molar-refractivity contribution in [2.24, 2.45) is 0 Å². The smallest absolute Gasteiger partial charge is 0.0343 e. The van der Waals surface area contributed by atoms with Crippen LogP contribution in [0.4, 0.5) is 0 Å². The van der Waals surface area contributed by atoms with Gasteiger partial charge in [0.1, 0.15) is 0 Å². The van der Waals surface area contributed by atoms with Gasteiger partial charge in [0.2, 0.25) is 0 Å². The Hall–Kier alpha value is -1.04. The van der Waals surface area contributed by atoms with Gasteiger partial charge in [-0.1, -0.05) is 48.6 Å². The van der Waals surface area contributed by atoms with Gasteiger partial charge in [0.25, 0.3) is 0 Å². The third-order valence-electron chi connectivity index (χ3n) is 0.940. The fraction of sp³-hybridized carbons (Fsp3) is 0. The lowest BCUT2D eigenvalue weighted by Gasteiger charge is -1.72. The van der Waals surface area contributed by atoms with Gasteiger partial charge >= 0.3 is 0 Å². The number of hydrogen-bond acceptors (Lipinski definition) is 0. The summed E-state index contributed by atoms with van der Waals surface area (Å²) in [5.41, 5.74) is 0. The molecule has 0 heterocycles. The minimum atomic E-state index is 1.88. The first kappa shape index (κ1) is 6.09. The van der Waals surface area contributed by atoms with E-state index in [0.717, 1.165) is 0 Å². The van der Waals surface area contributed by atoms with E-state index in [1.54, 1.807) is 0 Å². The van der Waals surface area contributed by atoms with Gasteiger partial charge in [-0.25, -0.2) is 0 Å². The maximum Gasteiger partial charge on any atom is 0.0343 e. The second-order valence-corrected chi connectivity index (χ2v) is 1.65. The third-order valence-corrected chi connectivity index (χ3v) is 0.940. The van der Waals surface area contributed by atoms with Crippen molar-refractivity contribution < 1.29 is 0 Å². The summed E-state index contributed by atoms with van der Waals surface area (Å²) in [4.78, 5) is 0. The quantitative estimate of drug-likeness (QED) is 0.455. The molecule has 0 aromatic heterocycles. The summed E-state index contributed by atoms with van der Waals surface area (Å²) >= 11 is 0. The highest BCUT2D eigenvalue weighted by molar-refractivity contribution is 5.23. The SMILES string of the molecule is [C]1\C=C/C=C\C=C/C=C\1. The van der Waals surface area contributed by atoms with Crippen LogP contribution in [0, 0.1) is 6.42 Å². The Morgan fingerprint density at radius 2 is 1.00 bits per heavy atom. The molecule has 0 amide bonds. The zero-order chi connectivity index (χ0) is 6.36. The van der Waals surface area contributed by atoms with Crippen LogP contribution in [0.25, 0.3) is 0 Å². The highest BCUT2D eigenvalue weighted by atomic mass is 13.8. The van der Waals surface area contributed by atoms with Crippen LogP contribution in [0.2, 0.25) is 0 Å². The van der Waals surface area contributed by atoms with E-state index in [-0.39, 0.29) is 0 Å². The molecule has 0 saturated heterocycles. The third kappa shape index (κ3) is 2.70. The Labute approximate surface area is 55.9 Å². The Bertz CT molecular complexity index is 148. The largest absolute Gasteiger partial charge is 0.0721 e. The normalized spacial score (nSPS) is 31.1. The van der Waals surface area contributed by atoms with Crippen molar-refractivity contribution in [3.63, 3.8) is 0 Å². The molecule has 0 heteroatoms. The van der Waals surface area contributed by atoms with Crippen molar-refractivity contribution in [1.29, 1.82) is 0 Å². The average Bonchev–Trinajstić information content (AvgIpc) is 2.00. The van der Waals surface area contributed by atoms with Crippen LogP contribution < -0.4 is 0 Å². The second kappa shape index (κ2) is 3.90. The summed E-state index contributed by atoms with van der Waals surface area (Å²) in [7, 11) is 0. The van der Waals surface area contributed by atoms with Gasteiger partial charge in [-0.2, -0.15) is 0 Å². The molecular formula is C9H8. The zero-order valence-corrected chi connectivity index (χ0v) is 5.12. The first-order valence-corrected chi connectivity index (χ1v) is 2.91. The Balaban J connectivity index is 2.60. The lowest BCUT2D eigenvalue weighted by atomic mass is 10.3. The first-order valence-electron chi connectivity index (χ1n) is 2.91. The molecule has 0 nitrogen and oxygen atoms in total. The summed E-state index contributed by atoms with van der Waals surface area (Å²) in [6.45, 7) is 0. The zero-order valence-electron chi connectivity index (χ0n) is 5.12. The van der Waals surface area contributed by atoms with E-state index >= 15 is 0 Å². The standard InChI is InChI=1S/C9H8/c1-2-4-6-8-9-7-5-3-1/h1-8H/b3-1-,4-2-,7-5-,8-6-. The van der Waals surface area contributed by atoms with E-state index in [1.807, 2.05) is 48.6 Å². The lowest BCUT2D eigenvalue weighted by Crippen LogP contribution is -1.55. The molecule has 0 aromatic rings. The number of allylic oxidation sites excluding steroid dienone is 8. The van der Waals surface area contributed by atoms with Gasteiger partial charge in [-0.15, -0.1) is 0 Å². The first-order chi connectivity index (χ1) is 4.50. The minimum absolute atomic E-state index is 1.88. The molecule has 1 rings (SSSR count). The van der Waals surface area contributed by atoms with Crippen molar-refractivity contribution in [2.75, 3.05) is 0 Å². The molecule has 1 aliphatic carbocycles. The molecule has 1 aliphatic rings. The molecule has 0 fully saturated rings. The van der Waals surface area contributed by atoms with Crippen molar-refractivity contribution in [3.8, 4) is 0 Å². The van der Waals surface area contributed by atoms with Crippen LogP contribution in [0.3, 0.4) is 0 Å². The van der Waals surface area contributed by atoms with E-state index in [0.29, 0.717) is 0 Å². The fourth-order valence-corrected chi connectivity index (χ4v) is 0.534. The molecule has 0 N–H and O–H groups in total. The van der Waals surface area contributed by atoms with E-state index in [9.17, 15) is 0 Å². The number of rotatable bonds is 0. The van der Waals surface area contributed by atoms with Crippen LogP contribution in [-0.2, 0) is 0 Å². The monoisotopic (exact) mass is 116 g/mol. The molecule has 0 saturated carbocycles. The minimum Gasteiger partial charge on any atom is -0.0721 e. The average molecular weight is 116 g/mol. The highest BCUT2D eigenvalue weighted by Gasteiger charge is 1.71. The Morgan fingerprint density at radius 1 is 0.556 bits per heavy atom. The summed E-state index contributed by atoms with van der Waals surface area (Å²) in [5, 5.41) is 0. The Morgan fingerprint density at radius 3 is 1.56 bits per heavy atom.